The van der Waals surface area contributed by atoms with Crippen molar-refractivity contribution in [3.63, 3.8) is 0 Å². The van der Waals surface area contributed by atoms with Crippen LogP contribution in [-0.4, -0.2) is 67.7 Å². The Hall–Kier alpha value is -0.650. The SMILES string of the molecule is CC(N)C1CCN(CC(=O)N2CCOCC2)CC1. The van der Waals surface area contributed by atoms with Gasteiger partial charge in [-0.05, 0) is 38.8 Å². The van der Waals surface area contributed by atoms with Gasteiger partial charge in [0.2, 0.25) is 5.91 Å². The lowest BCUT2D eigenvalue weighted by molar-refractivity contribution is -0.136. The maximum absolute atomic E-state index is 12.1. The molecule has 18 heavy (non-hydrogen) atoms. The molecule has 5 nitrogen and oxygen atoms in total. The number of nitrogens with zero attached hydrogens (tertiary/aromatic N) is 2. The molecule has 1 amide bonds. The van der Waals surface area contributed by atoms with Crippen molar-refractivity contribution in [3.05, 3.63) is 0 Å². The molecule has 5 heteroatoms. The van der Waals surface area contributed by atoms with E-state index in [9.17, 15) is 4.79 Å². The highest BCUT2D eigenvalue weighted by molar-refractivity contribution is 5.78. The van der Waals surface area contributed by atoms with Gasteiger partial charge in [0.1, 0.15) is 0 Å². The van der Waals surface area contributed by atoms with E-state index in [-0.39, 0.29) is 11.9 Å². The lowest BCUT2D eigenvalue weighted by Gasteiger charge is -2.35. The Morgan fingerprint density at radius 1 is 1.28 bits per heavy atom. The molecule has 2 fully saturated rings. The lowest BCUT2D eigenvalue weighted by atomic mass is 9.91. The summed E-state index contributed by atoms with van der Waals surface area (Å²) in [6.45, 7) is 7.50. The highest BCUT2D eigenvalue weighted by Crippen LogP contribution is 2.19. The van der Waals surface area contributed by atoms with Crippen LogP contribution in [0.2, 0.25) is 0 Å². The second kappa shape index (κ2) is 6.50. The third-order valence-electron chi connectivity index (χ3n) is 4.10. The van der Waals surface area contributed by atoms with Crippen molar-refractivity contribution in [1.29, 1.82) is 0 Å². The normalized spacial score (nSPS) is 25.1. The monoisotopic (exact) mass is 255 g/mol. The van der Waals surface area contributed by atoms with Gasteiger partial charge < -0.3 is 15.4 Å². The molecule has 104 valence electrons. The molecular weight excluding hydrogens is 230 g/mol. The molecule has 2 rings (SSSR count). The number of nitrogens with two attached hydrogens (primary N) is 1. The molecule has 0 bridgehead atoms. The van der Waals surface area contributed by atoms with Gasteiger partial charge >= 0.3 is 0 Å². The number of carbonyl (C=O) groups is 1. The molecule has 1 atom stereocenters. The molecule has 2 heterocycles. The third kappa shape index (κ3) is 3.67. The lowest BCUT2D eigenvalue weighted by Crippen LogP contribution is -2.48. The van der Waals surface area contributed by atoms with Gasteiger partial charge in [0.05, 0.1) is 19.8 Å². The van der Waals surface area contributed by atoms with Gasteiger partial charge in [0, 0.05) is 19.1 Å². The summed E-state index contributed by atoms with van der Waals surface area (Å²) in [4.78, 5) is 16.3. The van der Waals surface area contributed by atoms with E-state index in [0.29, 0.717) is 25.7 Å². The average molecular weight is 255 g/mol. The number of amides is 1. The van der Waals surface area contributed by atoms with Gasteiger partial charge in [-0.25, -0.2) is 0 Å². The first kappa shape index (κ1) is 13.8. The number of morpholine rings is 1. The summed E-state index contributed by atoms with van der Waals surface area (Å²) < 4.78 is 5.26. The molecule has 2 aliphatic heterocycles. The molecule has 2 saturated heterocycles. The molecule has 0 aliphatic carbocycles. The van der Waals surface area contributed by atoms with Gasteiger partial charge in [-0.2, -0.15) is 0 Å². The van der Waals surface area contributed by atoms with Crippen LogP contribution >= 0.6 is 0 Å². The topological polar surface area (TPSA) is 58.8 Å². The molecule has 2 N–H and O–H groups in total. The smallest absolute Gasteiger partial charge is 0.236 e. The summed E-state index contributed by atoms with van der Waals surface area (Å²) >= 11 is 0. The molecule has 0 aromatic rings. The Morgan fingerprint density at radius 3 is 2.44 bits per heavy atom. The number of likely N-dealkylation sites (tertiary alicyclic amines) is 1. The number of rotatable bonds is 3. The van der Waals surface area contributed by atoms with Crippen LogP contribution < -0.4 is 5.73 Å². The van der Waals surface area contributed by atoms with Crippen molar-refractivity contribution >= 4 is 5.91 Å². The summed E-state index contributed by atoms with van der Waals surface area (Å²) in [5.41, 5.74) is 5.92. The van der Waals surface area contributed by atoms with Crippen molar-refractivity contribution in [2.45, 2.75) is 25.8 Å². The van der Waals surface area contributed by atoms with E-state index in [2.05, 4.69) is 11.8 Å². The zero-order valence-electron chi connectivity index (χ0n) is 11.3. The van der Waals surface area contributed by atoms with E-state index in [4.69, 9.17) is 10.5 Å². The van der Waals surface area contributed by atoms with Gasteiger partial charge in [0.15, 0.2) is 0 Å². The Morgan fingerprint density at radius 2 is 1.89 bits per heavy atom. The Bertz CT molecular complexity index is 269. The van der Waals surface area contributed by atoms with E-state index in [1.807, 2.05) is 4.90 Å². The Balaban J connectivity index is 1.72. The molecular formula is C13H25N3O2. The second-order valence-corrected chi connectivity index (χ2v) is 5.47. The van der Waals surface area contributed by atoms with Crippen molar-refractivity contribution in [1.82, 2.24) is 9.80 Å². The van der Waals surface area contributed by atoms with Crippen LogP contribution in [0.25, 0.3) is 0 Å². The number of ether oxygens (including phenoxy) is 1. The van der Waals surface area contributed by atoms with Gasteiger partial charge in [-0.15, -0.1) is 0 Å². The fourth-order valence-corrected chi connectivity index (χ4v) is 2.74. The first-order valence-electron chi connectivity index (χ1n) is 7.00. The highest BCUT2D eigenvalue weighted by atomic mass is 16.5. The van der Waals surface area contributed by atoms with Crippen molar-refractivity contribution in [3.8, 4) is 0 Å². The van der Waals surface area contributed by atoms with E-state index in [1.165, 1.54) is 0 Å². The van der Waals surface area contributed by atoms with E-state index < -0.39 is 0 Å². The van der Waals surface area contributed by atoms with Crippen LogP contribution in [0.1, 0.15) is 19.8 Å². The molecule has 2 aliphatic rings. The standard InChI is InChI=1S/C13H25N3O2/c1-11(14)12-2-4-15(5-3-12)10-13(17)16-6-8-18-9-7-16/h11-12H,2-10,14H2,1H3. The van der Waals surface area contributed by atoms with E-state index in [0.717, 1.165) is 39.0 Å². The molecule has 0 radical (unpaired) electrons. The van der Waals surface area contributed by atoms with E-state index in [1.54, 1.807) is 0 Å². The van der Waals surface area contributed by atoms with Crippen LogP contribution in [0.15, 0.2) is 0 Å². The largest absolute Gasteiger partial charge is 0.378 e. The first-order chi connectivity index (χ1) is 8.66. The molecule has 0 saturated carbocycles. The third-order valence-corrected chi connectivity index (χ3v) is 4.10. The zero-order chi connectivity index (χ0) is 13.0. The molecule has 0 spiro atoms. The number of carbonyl (C=O) groups excluding carboxylic acids is 1. The number of hydrogen-bond donors (Lipinski definition) is 1. The number of piperidine rings is 1. The Labute approximate surface area is 109 Å². The minimum Gasteiger partial charge on any atom is -0.378 e. The van der Waals surface area contributed by atoms with Crippen LogP contribution in [0.5, 0.6) is 0 Å². The average Bonchev–Trinajstić information content (AvgIpc) is 2.40. The summed E-state index contributed by atoms with van der Waals surface area (Å²) in [6.07, 6.45) is 2.24. The van der Waals surface area contributed by atoms with Crippen molar-refractivity contribution in [2.75, 3.05) is 45.9 Å². The van der Waals surface area contributed by atoms with Crippen LogP contribution in [0.4, 0.5) is 0 Å². The molecule has 1 unspecified atom stereocenters. The predicted molar refractivity (Wildman–Crippen MR) is 70.2 cm³/mol. The van der Waals surface area contributed by atoms with Crippen LogP contribution in [0.3, 0.4) is 0 Å². The predicted octanol–water partition coefficient (Wildman–Crippen LogP) is -0.0956. The maximum Gasteiger partial charge on any atom is 0.236 e. The van der Waals surface area contributed by atoms with Gasteiger partial charge in [-0.1, -0.05) is 0 Å². The minimum atomic E-state index is 0.248. The zero-order valence-corrected chi connectivity index (χ0v) is 11.3. The molecule has 0 aromatic carbocycles. The second-order valence-electron chi connectivity index (χ2n) is 5.47. The number of hydrogen-bond acceptors (Lipinski definition) is 4. The summed E-state index contributed by atoms with van der Waals surface area (Å²) in [7, 11) is 0. The van der Waals surface area contributed by atoms with Crippen LogP contribution in [-0.2, 0) is 9.53 Å². The first-order valence-corrected chi connectivity index (χ1v) is 7.00. The minimum absolute atomic E-state index is 0.248. The van der Waals surface area contributed by atoms with Gasteiger partial charge in [-0.3, -0.25) is 9.69 Å². The molecule has 0 aromatic heterocycles. The fraction of sp³-hybridized carbons (Fsp3) is 0.923. The summed E-state index contributed by atoms with van der Waals surface area (Å²) in [5.74, 6) is 0.872. The Kier molecular flexibility index (Phi) is 4.97. The maximum atomic E-state index is 12.1. The van der Waals surface area contributed by atoms with Crippen molar-refractivity contribution in [2.24, 2.45) is 11.7 Å². The quantitative estimate of drug-likeness (QED) is 0.765. The summed E-state index contributed by atoms with van der Waals surface area (Å²) in [5, 5.41) is 0. The highest BCUT2D eigenvalue weighted by Gasteiger charge is 2.25. The van der Waals surface area contributed by atoms with E-state index >= 15 is 0 Å². The fourth-order valence-electron chi connectivity index (χ4n) is 2.74. The van der Waals surface area contributed by atoms with Crippen LogP contribution in [0, 0.1) is 5.92 Å². The van der Waals surface area contributed by atoms with Gasteiger partial charge in [0.25, 0.3) is 0 Å². The summed E-state index contributed by atoms with van der Waals surface area (Å²) in [6, 6.07) is 0.280. The van der Waals surface area contributed by atoms with Crippen molar-refractivity contribution < 1.29 is 9.53 Å².